The standard InChI is InChI=1S/C9H4F4N4/c10-6-5(9(11,12)13)3(1-14)4(2-15)7(16)8(6)17/h16-17H2. The molecule has 0 unspecified atom stereocenters. The Morgan fingerprint density at radius 2 is 1.41 bits per heavy atom. The molecule has 0 aliphatic rings. The van der Waals surface area contributed by atoms with Gasteiger partial charge in [0.2, 0.25) is 0 Å². The molecule has 4 nitrogen and oxygen atoms in total. The summed E-state index contributed by atoms with van der Waals surface area (Å²) >= 11 is 0. The van der Waals surface area contributed by atoms with Gasteiger partial charge < -0.3 is 11.5 Å². The second-order valence-corrected chi connectivity index (χ2v) is 2.99. The van der Waals surface area contributed by atoms with Crippen molar-refractivity contribution in [2.24, 2.45) is 0 Å². The molecule has 0 atom stereocenters. The summed E-state index contributed by atoms with van der Waals surface area (Å²) in [6.45, 7) is 0. The van der Waals surface area contributed by atoms with Gasteiger partial charge in [-0.25, -0.2) is 4.39 Å². The molecule has 0 aromatic heterocycles. The lowest BCUT2D eigenvalue weighted by Gasteiger charge is -2.14. The molecule has 17 heavy (non-hydrogen) atoms. The van der Waals surface area contributed by atoms with Crippen LogP contribution in [-0.2, 0) is 6.18 Å². The zero-order chi connectivity index (χ0) is 13.4. The van der Waals surface area contributed by atoms with Crippen molar-refractivity contribution < 1.29 is 17.6 Å². The Morgan fingerprint density at radius 3 is 1.76 bits per heavy atom. The number of hydrogen-bond acceptors (Lipinski definition) is 4. The van der Waals surface area contributed by atoms with E-state index in [1.165, 1.54) is 6.07 Å². The highest BCUT2D eigenvalue weighted by Gasteiger charge is 2.40. The summed E-state index contributed by atoms with van der Waals surface area (Å²) in [7, 11) is 0. The van der Waals surface area contributed by atoms with Gasteiger partial charge in [0.15, 0.2) is 5.82 Å². The Bertz CT molecular complexity index is 563. The fourth-order valence-corrected chi connectivity index (χ4v) is 1.25. The van der Waals surface area contributed by atoms with Gasteiger partial charge in [-0.2, -0.15) is 23.7 Å². The van der Waals surface area contributed by atoms with Crippen molar-refractivity contribution in [3.8, 4) is 12.1 Å². The lowest BCUT2D eigenvalue weighted by molar-refractivity contribution is -0.140. The van der Waals surface area contributed by atoms with Crippen LogP contribution in [0.15, 0.2) is 0 Å². The van der Waals surface area contributed by atoms with E-state index in [9.17, 15) is 17.6 Å². The predicted molar refractivity (Wildman–Crippen MR) is 49.7 cm³/mol. The SMILES string of the molecule is N#Cc1c(N)c(N)c(F)c(C(F)(F)F)c1C#N. The summed E-state index contributed by atoms with van der Waals surface area (Å²) in [6.07, 6.45) is -5.14. The number of nitrogen functional groups attached to an aromatic ring is 2. The van der Waals surface area contributed by atoms with Crippen LogP contribution >= 0.6 is 0 Å². The molecule has 0 radical (unpaired) electrons. The van der Waals surface area contributed by atoms with Crippen LogP contribution < -0.4 is 11.5 Å². The van der Waals surface area contributed by atoms with E-state index in [0.29, 0.717) is 0 Å². The molecule has 0 fully saturated rings. The first-order chi connectivity index (χ1) is 7.75. The summed E-state index contributed by atoms with van der Waals surface area (Å²) in [5.41, 5.74) is 4.72. The summed E-state index contributed by atoms with van der Waals surface area (Å²) in [6, 6.07) is 2.41. The van der Waals surface area contributed by atoms with E-state index < -0.39 is 40.1 Å². The minimum Gasteiger partial charge on any atom is -0.396 e. The monoisotopic (exact) mass is 244 g/mol. The van der Waals surface area contributed by atoms with Crippen molar-refractivity contribution in [1.82, 2.24) is 0 Å². The molecule has 0 saturated heterocycles. The molecular formula is C9H4F4N4. The number of nitriles is 2. The first-order valence-corrected chi connectivity index (χ1v) is 4.03. The van der Waals surface area contributed by atoms with Crippen LogP contribution in [0.25, 0.3) is 0 Å². The largest absolute Gasteiger partial charge is 0.420 e. The van der Waals surface area contributed by atoms with Crippen molar-refractivity contribution >= 4 is 11.4 Å². The van der Waals surface area contributed by atoms with Crippen LogP contribution in [0, 0.1) is 28.5 Å². The number of alkyl halides is 3. The Balaban J connectivity index is 3.92. The lowest BCUT2D eigenvalue weighted by atomic mass is 9.98. The third-order valence-corrected chi connectivity index (χ3v) is 2.02. The Morgan fingerprint density at radius 1 is 0.941 bits per heavy atom. The van der Waals surface area contributed by atoms with Crippen molar-refractivity contribution in [3.05, 3.63) is 22.5 Å². The molecular weight excluding hydrogens is 240 g/mol. The number of halogens is 4. The minimum absolute atomic E-state index is 0.672. The molecule has 0 bridgehead atoms. The Hall–Kier alpha value is -2.48. The first-order valence-electron chi connectivity index (χ1n) is 4.03. The highest BCUT2D eigenvalue weighted by atomic mass is 19.4. The summed E-state index contributed by atoms with van der Waals surface area (Å²) in [4.78, 5) is 0. The van der Waals surface area contributed by atoms with E-state index in [1.54, 1.807) is 0 Å². The molecule has 88 valence electrons. The van der Waals surface area contributed by atoms with Gasteiger partial charge in [-0.05, 0) is 0 Å². The van der Waals surface area contributed by atoms with Crippen molar-refractivity contribution in [1.29, 1.82) is 10.5 Å². The van der Waals surface area contributed by atoms with E-state index in [1.807, 2.05) is 0 Å². The fraction of sp³-hybridized carbons (Fsp3) is 0.111. The molecule has 0 heterocycles. The maximum Gasteiger partial charge on any atom is 0.420 e. The summed E-state index contributed by atoms with van der Waals surface area (Å²) < 4.78 is 50.9. The van der Waals surface area contributed by atoms with E-state index in [-0.39, 0.29) is 0 Å². The van der Waals surface area contributed by atoms with E-state index in [0.717, 1.165) is 6.07 Å². The Labute approximate surface area is 92.7 Å². The van der Waals surface area contributed by atoms with Gasteiger partial charge in [-0.3, -0.25) is 0 Å². The van der Waals surface area contributed by atoms with Crippen LogP contribution in [0.3, 0.4) is 0 Å². The number of nitrogens with zero attached hydrogens (tertiary/aromatic N) is 2. The second kappa shape index (κ2) is 3.83. The van der Waals surface area contributed by atoms with Gasteiger partial charge in [0.1, 0.15) is 17.7 Å². The molecule has 8 heteroatoms. The summed E-state index contributed by atoms with van der Waals surface area (Å²) in [5, 5.41) is 17.2. The smallest absolute Gasteiger partial charge is 0.396 e. The fourth-order valence-electron chi connectivity index (χ4n) is 1.25. The number of benzene rings is 1. The molecule has 0 aliphatic heterocycles. The van der Waals surface area contributed by atoms with Gasteiger partial charge in [0.05, 0.1) is 22.5 Å². The van der Waals surface area contributed by atoms with Crippen molar-refractivity contribution in [3.63, 3.8) is 0 Å². The minimum atomic E-state index is -5.14. The lowest BCUT2D eigenvalue weighted by Crippen LogP contribution is -2.16. The highest BCUT2D eigenvalue weighted by Crippen LogP contribution is 2.40. The third kappa shape index (κ3) is 1.81. The van der Waals surface area contributed by atoms with Gasteiger partial charge in [0, 0.05) is 0 Å². The van der Waals surface area contributed by atoms with Gasteiger partial charge in [0.25, 0.3) is 0 Å². The van der Waals surface area contributed by atoms with Crippen molar-refractivity contribution in [2.45, 2.75) is 6.18 Å². The average Bonchev–Trinajstić information content (AvgIpc) is 2.23. The highest BCUT2D eigenvalue weighted by molar-refractivity contribution is 5.77. The molecule has 1 aromatic carbocycles. The topological polar surface area (TPSA) is 99.6 Å². The molecule has 4 N–H and O–H groups in total. The average molecular weight is 244 g/mol. The molecule has 1 aromatic rings. The maximum absolute atomic E-state index is 13.3. The van der Waals surface area contributed by atoms with Crippen LogP contribution in [0.2, 0.25) is 0 Å². The molecule has 0 spiro atoms. The molecule has 0 aliphatic carbocycles. The van der Waals surface area contributed by atoms with Gasteiger partial charge >= 0.3 is 6.18 Å². The van der Waals surface area contributed by atoms with Crippen LogP contribution in [0.4, 0.5) is 28.9 Å². The van der Waals surface area contributed by atoms with Crippen LogP contribution in [0.5, 0.6) is 0 Å². The van der Waals surface area contributed by atoms with Crippen molar-refractivity contribution in [2.75, 3.05) is 11.5 Å². The van der Waals surface area contributed by atoms with Crippen LogP contribution in [-0.4, -0.2) is 0 Å². The summed E-state index contributed by atoms with van der Waals surface area (Å²) in [5.74, 6) is -1.84. The quantitative estimate of drug-likeness (QED) is 0.536. The molecule has 1 rings (SSSR count). The van der Waals surface area contributed by atoms with Gasteiger partial charge in [-0.15, -0.1) is 0 Å². The second-order valence-electron chi connectivity index (χ2n) is 2.99. The van der Waals surface area contributed by atoms with Gasteiger partial charge in [-0.1, -0.05) is 0 Å². The normalized spacial score (nSPS) is 10.7. The predicted octanol–water partition coefficient (Wildman–Crippen LogP) is 1.75. The molecule has 0 amide bonds. The first kappa shape index (κ1) is 12.6. The zero-order valence-corrected chi connectivity index (χ0v) is 8.06. The number of nitrogens with two attached hydrogens (primary N) is 2. The van der Waals surface area contributed by atoms with E-state index >= 15 is 0 Å². The zero-order valence-electron chi connectivity index (χ0n) is 8.06. The van der Waals surface area contributed by atoms with Crippen LogP contribution in [0.1, 0.15) is 16.7 Å². The molecule has 0 saturated carbocycles. The number of rotatable bonds is 0. The Kier molecular flexibility index (Phi) is 2.84. The number of anilines is 2. The van der Waals surface area contributed by atoms with E-state index in [2.05, 4.69) is 0 Å². The number of hydrogen-bond donors (Lipinski definition) is 2. The third-order valence-electron chi connectivity index (χ3n) is 2.02. The van der Waals surface area contributed by atoms with E-state index in [4.69, 9.17) is 22.0 Å². The maximum atomic E-state index is 13.3.